The fraction of sp³-hybridized carbons (Fsp3) is 0.464. The molecule has 1 aromatic heterocycles. The second-order valence-electron chi connectivity index (χ2n) is 9.95. The van der Waals surface area contributed by atoms with E-state index in [1.165, 1.54) is 4.57 Å². The quantitative estimate of drug-likeness (QED) is 0.470. The normalized spacial score (nSPS) is 17.1. The van der Waals surface area contributed by atoms with E-state index in [-0.39, 0.29) is 18.0 Å². The van der Waals surface area contributed by atoms with Gasteiger partial charge in [-0.3, -0.25) is 19.1 Å². The monoisotopic (exact) mass is 490 g/mol. The summed E-state index contributed by atoms with van der Waals surface area (Å²) in [6.07, 6.45) is 2.31. The molecule has 2 aliphatic rings. The van der Waals surface area contributed by atoms with Gasteiger partial charge in [-0.15, -0.1) is 0 Å². The van der Waals surface area contributed by atoms with Crippen molar-refractivity contribution in [3.05, 3.63) is 58.9 Å². The van der Waals surface area contributed by atoms with E-state index in [0.29, 0.717) is 47.5 Å². The van der Waals surface area contributed by atoms with Crippen LogP contribution in [0.25, 0.3) is 22.3 Å². The average molecular weight is 491 g/mol. The van der Waals surface area contributed by atoms with E-state index >= 15 is 0 Å². The number of ether oxygens (including phenoxy) is 2. The summed E-state index contributed by atoms with van der Waals surface area (Å²) < 4.78 is 13.0. The molecule has 0 bridgehead atoms. The molecule has 1 N–H and O–H groups in total. The number of hydrogen-bond acceptors (Lipinski definition) is 6. The van der Waals surface area contributed by atoms with Gasteiger partial charge in [-0.05, 0) is 37.0 Å². The molecular formula is C28H34N4O4. The predicted molar refractivity (Wildman–Crippen MR) is 139 cm³/mol. The first-order valence-electron chi connectivity index (χ1n) is 12.9. The fourth-order valence-electron chi connectivity index (χ4n) is 4.54. The summed E-state index contributed by atoms with van der Waals surface area (Å²) in [5, 5.41) is 3.41. The van der Waals surface area contributed by atoms with Crippen molar-refractivity contribution in [3.8, 4) is 17.1 Å². The van der Waals surface area contributed by atoms with E-state index in [1.54, 1.807) is 6.07 Å². The number of benzene rings is 2. The Kier molecular flexibility index (Phi) is 7.63. The molecule has 2 aromatic carbocycles. The van der Waals surface area contributed by atoms with Crippen LogP contribution in [-0.2, 0) is 16.1 Å². The zero-order chi connectivity index (χ0) is 24.9. The maximum absolute atomic E-state index is 13.6. The summed E-state index contributed by atoms with van der Waals surface area (Å²) in [6.45, 7) is 7.71. The lowest BCUT2D eigenvalue weighted by molar-refractivity contribution is -0.121. The Morgan fingerprint density at radius 3 is 2.69 bits per heavy atom. The van der Waals surface area contributed by atoms with Gasteiger partial charge in [0.15, 0.2) is 0 Å². The summed E-state index contributed by atoms with van der Waals surface area (Å²) >= 11 is 0. The van der Waals surface area contributed by atoms with Crippen molar-refractivity contribution >= 4 is 16.8 Å². The Balaban J connectivity index is 1.37. The maximum atomic E-state index is 13.6. The SMILES string of the molecule is CC(COc1ccc2nc(-c3ccccc3)n(CC(=O)NCC3CC3)c(=O)c2c1)CN1CCOCC1. The lowest BCUT2D eigenvalue weighted by Crippen LogP contribution is -2.39. The summed E-state index contributed by atoms with van der Waals surface area (Å²) in [5.41, 5.74) is 1.14. The zero-order valence-electron chi connectivity index (χ0n) is 20.8. The second kappa shape index (κ2) is 11.2. The van der Waals surface area contributed by atoms with Gasteiger partial charge >= 0.3 is 0 Å². The van der Waals surface area contributed by atoms with Crippen LogP contribution in [0.2, 0.25) is 0 Å². The zero-order valence-corrected chi connectivity index (χ0v) is 20.8. The topological polar surface area (TPSA) is 85.7 Å². The standard InChI is InChI=1S/C28H34N4O4/c1-20(17-31-11-13-35-14-12-31)19-36-23-9-10-25-24(15-23)28(34)32(18-26(33)29-16-21-7-8-21)27(30-25)22-5-3-2-4-6-22/h2-6,9-10,15,20-21H,7-8,11-14,16-19H2,1H3,(H,29,33). The molecule has 0 radical (unpaired) electrons. The van der Waals surface area contributed by atoms with E-state index in [2.05, 4.69) is 17.1 Å². The first-order chi connectivity index (χ1) is 17.6. The van der Waals surface area contributed by atoms with Crippen LogP contribution in [0, 0.1) is 11.8 Å². The second-order valence-corrected chi connectivity index (χ2v) is 9.95. The summed E-state index contributed by atoms with van der Waals surface area (Å²) in [7, 11) is 0. The molecule has 1 atom stereocenters. The molecule has 1 unspecified atom stereocenters. The highest BCUT2D eigenvalue weighted by molar-refractivity contribution is 5.82. The fourth-order valence-corrected chi connectivity index (χ4v) is 4.54. The van der Waals surface area contributed by atoms with E-state index in [1.807, 2.05) is 42.5 Å². The van der Waals surface area contributed by atoms with Gasteiger partial charge < -0.3 is 14.8 Å². The van der Waals surface area contributed by atoms with Crippen molar-refractivity contribution in [1.29, 1.82) is 0 Å². The number of amides is 1. The molecule has 8 heteroatoms. The third kappa shape index (κ3) is 6.12. The minimum absolute atomic E-state index is 0.0691. The first kappa shape index (κ1) is 24.5. The predicted octanol–water partition coefficient (Wildman–Crippen LogP) is 2.94. The number of nitrogens with one attached hydrogen (secondary N) is 1. The van der Waals surface area contributed by atoms with Gasteiger partial charge in [-0.1, -0.05) is 37.3 Å². The lowest BCUT2D eigenvalue weighted by Gasteiger charge is -2.29. The molecule has 5 rings (SSSR count). The Hall–Kier alpha value is -3.23. The lowest BCUT2D eigenvalue weighted by atomic mass is 10.1. The van der Waals surface area contributed by atoms with Crippen molar-refractivity contribution in [1.82, 2.24) is 19.8 Å². The van der Waals surface area contributed by atoms with Crippen LogP contribution < -0.4 is 15.6 Å². The maximum Gasteiger partial charge on any atom is 0.262 e. The largest absolute Gasteiger partial charge is 0.493 e. The van der Waals surface area contributed by atoms with E-state index in [0.717, 1.165) is 51.3 Å². The van der Waals surface area contributed by atoms with Gasteiger partial charge in [-0.2, -0.15) is 0 Å². The van der Waals surface area contributed by atoms with Crippen LogP contribution in [0.3, 0.4) is 0 Å². The van der Waals surface area contributed by atoms with E-state index < -0.39 is 0 Å². The molecule has 1 saturated heterocycles. The number of morpholine rings is 1. The van der Waals surface area contributed by atoms with Crippen LogP contribution in [0.15, 0.2) is 53.3 Å². The molecular weight excluding hydrogens is 456 g/mol. The summed E-state index contributed by atoms with van der Waals surface area (Å²) in [6, 6.07) is 15.0. The number of rotatable bonds is 10. The Labute approximate surface area is 211 Å². The molecule has 2 fully saturated rings. The molecule has 1 saturated carbocycles. The molecule has 8 nitrogen and oxygen atoms in total. The number of carbonyl (C=O) groups excluding carboxylic acids is 1. The highest BCUT2D eigenvalue weighted by atomic mass is 16.5. The average Bonchev–Trinajstić information content (AvgIpc) is 3.74. The van der Waals surface area contributed by atoms with Gasteiger partial charge in [0.1, 0.15) is 18.1 Å². The highest BCUT2D eigenvalue weighted by Gasteiger charge is 2.22. The summed E-state index contributed by atoms with van der Waals surface area (Å²) in [5.74, 6) is 1.85. The first-order valence-corrected chi connectivity index (χ1v) is 12.9. The Bertz CT molecular complexity index is 1250. The molecule has 190 valence electrons. The Morgan fingerprint density at radius 2 is 1.94 bits per heavy atom. The highest BCUT2D eigenvalue weighted by Crippen LogP contribution is 2.27. The van der Waals surface area contributed by atoms with Crippen LogP contribution in [0.4, 0.5) is 0 Å². The van der Waals surface area contributed by atoms with Crippen molar-refractivity contribution in [2.45, 2.75) is 26.3 Å². The van der Waals surface area contributed by atoms with Gasteiger partial charge in [0, 0.05) is 37.7 Å². The van der Waals surface area contributed by atoms with Gasteiger partial charge in [0.05, 0.1) is 30.7 Å². The third-order valence-corrected chi connectivity index (χ3v) is 6.75. The van der Waals surface area contributed by atoms with Crippen molar-refractivity contribution in [2.75, 3.05) is 46.0 Å². The van der Waals surface area contributed by atoms with Gasteiger partial charge in [0.2, 0.25) is 5.91 Å². The third-order valence-electron chi connectivity index (χ3n) is 6.75. The van der Waals surface area contributed by atoms with Gasteiger partial charge in [0.25, 0.3) is 5.56 Å². The molecule has 36 heavy (non-hydrogen) atoms. The number of nitrogens with zero attached hydrogens (tertiary/aromatic N) is 3. The number of aromatic nitrogens is 2. The van der Waals surface area contributed by atoms with Crippen LogP contribution in [0.1, 0.15) is 19.8 Å². The molecule has 3 aromatic rings. The van der Waals surface area contributed by atoms with Crippen LogP contribution >= 0.6 is 0 Å². The Morgan fingerprint density at radius 1 is 1.17 bits per heavy atom. The van der Waals surface area contributed by atoms with Crippen molar-refractivity contribution in [2.24, 2.45) is 11.8 Å². The molecule has 0 spiro atoms. The van der Waals surface area contributed by atoms with Crippen LogP contribution in [0.5, 0.6) is 5.75 Å². The molecule has 1 aliphatic heterocycles. The smallest absolute Gasteiger partial charge is 0.262 e. The summed E-state index contributed by atoms with van der Waals surface area (Å²) in [4.78, 5) is 33.5. The van der Waals surface area contributed by atoms with E-state index in [4.69, 9.17) is 14.5 Å². The van der Waals surface area contributed by atoms with Crippen molar-refractivity contribution < 1.29 is 14.3 Å². The van der Waals surface area contributed by atoms with Crippen molar-refractivity contribution in [3.63, 3.8) is 0 Å². The molecule has 1 aliphatic carbocycles. The minimum Gasteiger partial charge on any atom is -0.493 e. The number of carbonyl (C=O) groups is 1. The number of hydrogen-bond donors (Lipinski definition) is 1. The van der Waals surface area contributed by atoms with E-state index in [9.17, 15) is 9.59 Å². The van der Waals surface area contributed by atoms with Crippen LogP contribution in [-0.4, -0.2) is 66.4 Å². The minimum atomic E-state index is -0.243. The molecule has 1 amide bonds. The van der Waals surface area contributed by atoms with Gasteiger partial charge in [-0.25, -0.2) is 4.98 Å². The molecule has 2 heterocycles. The number of fused-ring (bicyclic) bond motifs is 1.